The molecule has 0 bridgehead atoms. The summed E-state index contributed by atoms with van der Waals surface area (Å²) in [6.07, 6.45) is -5.38. The van der Waals surface area contributed by atoms with E-state index in [1.54, 1.807) is 24.3 Å². The number of rotatable bonds is 4. The SMILES string of the molecule is Cc1ccc(C(O)COCC(F)(F)F)cc1. The number of halogens is 3. The van der Waals surface area contributed by atoms with Gasteiger partial charge in [0, 0.05) is 0 Å². The van der Waals surface area contributed by atoms with E-state index in [-0.39, 0.29) is 6.61 Å². The first-order valence-electron chi connectivity index (χ1n) is 4.77. The number of alkyl halides is 3. The molecule has 0 aliphatic heterocycles. The van der Waals surface area contributed by atoms with Gasteiger partial charge in [0.1, 0.15) is 12.7 Å². The predicted octanol–water partition coefficient (Wildman–Crippen LogP) is 2.61. The van der Waals surface area contributed by atoms with E-state index in [2.05, 4.69) is 4.74 Å². The molecule has 5 heteroatoms. The highest BCUT2D eigenvalue weighted by Gasteiger charge is 2.27. The second-order valence-electron chi connectivity index (χ2n) is 3.56. The molecule has 0 radical (unpaired) electrons. The molecule has 0 heterocycles. The third-order valence-electron chi connectivity index (χ3n) is 2.00. The minimum absolute atomic E-state index is 0.359. The van der Waals surface area contributed by atoms with Crippen molar-refractivity contribution in [3.63, 3.8) is 0 Å². The highest BCUT2D eigenvalue weighted by Crippen LogP contribution is 2.17. The zero-order valence-electron chi connectivity index (χ0n) is 8.79. The summed E-state index contributed by atoms with van der Waals surface area (Å²) in [6.45, 7) is 0.189. The number of aryl methyl sites for hydroxylation is 1. The minimum Gasteiger partial charge on any atom is -0.386 e. The Morgan fingerprint density at radius 3 is 2.31 bits per heavy atom. The molecular formula is C11H13F3O2. The van der Waals surface area contributed by atoms with Crippen molar-refractivity contribution in [2.24, 2.45) is 0 Å². The molecule has 0 aliphatic carbocycles. The molecule has 0 spiro atoms. The maximum absolute atomic E-state index is 11.8. The number of aliphatic hydroxyl groups is 1. The molecular weight excluding hydrogens is 221 g/mol. The molecule has 1 rings (SSSR count). The first kappa shape index (κ1) is 13.0. The summed E-state index contributed by atoms with van der Waals surface area (Å²) in [5.41, 5.74) is 1.57. The molecule has 0 aliphatic rings. The Balaban J connectivity index is 2.41. The van der Waals surface area contributed by atoms with Gasteiger partial charge in [0.25, 0.3) is 0 Å². The van der Waals surface area contributed by atoms with E-state index in [1.165, 1.54) is 0 Å². The molecule has 0 saturated heterocycles. The van der Waals surface area contributed by atoms with E-state index in [1.807, 2.05) is 6.92 Å². The Bertz CT molecular complexity index is 319. The van der Waals surface area contributed by atoms with E-state index in [9.17, 15) is 18.3 Å². The Kier molecular flexibility index (Phi) is 4.32. The molecule has 1 N–H and O–H groups in total. The molecule has 2 nitrogen and oxygen atoms in total. The van der Waals surface area contributed by atoms with Gasteiger partial charge in [0.2, 0.25) is 0 Å². The average Bonchev–Trinajstić information content (AvgIpc) is 2.16. The van der Waals surface area contributed by atoms with Crippen molar-refractivity contribution in [1.82, 2.24) is 0 Å². The number of hydrogen-bond acceptors (Lipinski definition) is 2. The lowest BCUT2D eigenvalue weighted by atomic mass is 10.1. The third-order valence-corrected chi connectivity index (χ3v) is 2.00. The molecule has 1 unspecified atom stereocenters. The van der Waals surface area contributed by atoms with Crippen LogP contribution in [0, 0.1) is 6.92 Å². The van der Waals surface area contributed by atoms with Crippen molar-refractivity contribution < 1.29 is 23.0 Å². The van der Waals surface area contributed by atoms with Crippen LogP contribution in [-0.2, 0) is 4.74 Å². The lowest BCUT2D eigenvalue weighted by Crippen LogP contribution is -2.19. The predicted molar refractivity (Wildman–Crippen MR) is 53.0 cm³/mol. The van der Waals surface area contributed by atoms with Gasteiger partial charge in [-0.1, -0.05) is 29.8 Å². The van der Waals surface area contributed by atoms with Gasteiger partial charge in [-0.05, 0) is 12.5 Å². The van der Waals surface area contributed by atoms with Gasteiger partial charge in [-0.25, -0.2) is 0 Å². The van der Waals surface area contributed by atoms with Crippen LogP contribution in [-0.4, -0.2) is 24.5 Å². The zero-order chi connectivity index (χ0) is 12.2. The molecule has 0 saturated carbocycles. The largest absolute Gasteiger partial charge is 0.411 e. The second-order valence-corrected chi connectivity index (χ2v) is 3.56. The van der Waals surface area contributed by atoms with Gasteiger partial charge in [0.15, 0.2) is 0 Å². The van der Waals surface area contributed by atoms with Gasteiger partial charge < -0.3 is 9.84 Å². The van der Waals surface area contributed by atoms with Crippen LogP contribution in [0.25, 0.3) is 0 Å². The minimum atomic E-state index is -4.35. The van der Waals surface area contributed by atoms with Crippen molar-refractivity contribution in [1.29, 1.82) is 0 Å². The fourth-order valence-corrected chi connectivity index (χ4v) is 1.17. The fourth-order valence-electron chi connectivity index (χ4n) is 1.17. The molecule has 0 fully saturated rings. The Labute approximate surface area is 91.7 Å². The van der Waals surface area contributed by atoms with E-state index in [0.717, 1.165) is 5.56 Å². The van der Waals surface area contributed by atoms with Crippen LogP contribution in [0.15, 0.2) is 24.3 Å². The van der Waals surface area contributed by atoms with Crippen LogP contribution >= 0.6 is 0 Å². The fraction of sp³-hybridized carbons (Fsp3) is 0.455. The van der Waals surface area contributed by atoms with E-state index in [4.69, 9.17) is 0 Å². The van der Waals surface area contributed by atoms with Gasteiger partial charge >= 0.3 is 6.18 Å². The van der Waals surface area contributed by atoms with E-state index >= 15 is 0 Å². The highest BCUT2D eigenvalue weighted by molar-refractivity contribution is 5.23. The van der Waals surface area contributed by atoms with Gasteiger partial charge in [-0.2, -0.15) is 13.2 Å². The third kappa shape index (κ3) is 4.63. The van der Waals surface area contributed by atoms with Crippen LogP contribution in [0.5, 0.6) is 0 Å². The van der Waals surface area contributed by atoms with Gasteiger partial charge in [-0.15, -0.1) is 0 Å². The average molecular weight is 234 g/mol. The summed E-state index contributed by atoms with van der Waals surface area (Å²) < 4.78 is 39.6. The maximum atomic E-state index is 11.8. The van der Waals surface area contributed by atoms with E-state index in [0.29, 0.717) is 5.56 Å². The number of benzene rings is 1. The second kappa shape index (κ2) is 5.32. The summed E-state index contributed by atoms with van der Waals surface area (Å²) in [5.74, 6) is 0. The van der Waals surface area contributed by atoms with Crippen molar-refractivity contribution in [3.05, 3.63) is 35.4 Å². The molecule has 0 amide bonds. The Hall–Kier alpha value is -1.07. The number of hydrogen-bond donors (Lipinski definition) is 1. The van der Waals surface area contributed by atoms with Crippen LogP contribution < -0.4 is 0 Å². The first-order chi connectivity index (χ1) is 7.38. The van der Waals surface area contributed by atoms with Crippen molar-refractivity contribution in [3.8, 4) is 0 Å². The lowest BCUT2D eigenvalue weighted by Gasteiger charge is -2.13. The van der Waals surface area contributed by atoms with Gasteiger partial charge in [-0.3, -0.25) is 0 Å². The molecule has 16 heavy (non-hydrogen) atoms. The summed E-state index contributed by atoms with van der Waals surface area (Å²) in [7, 11) is 0. The zero-order valence-corrected chi connectivity index (χ0v) is 8.79. The summed E-state index contributed by atoms with van der Waals surface area (Å²) in [6, 6.07) is 6.89. The monoisotopic (exact) mass is 234 g/mol. The van der Waals surface area contributed by atoms with Crippen molar-refractivity contribution in [2.45, 2.75) is 19.2 Å². The van der Waals surface area contributed by atoms with Crippen molar-refractivity contribution >= 4 is 0 Å². The van der Waals surface area contributed by atoms with E-state index < -0.39 is 18.9 Å². The standard InChI is InChI=1S/C11H13F3O2/c1-8-2-4-9(5-3-8)10(15)6-16-7-11(12,13)14/h2-5,10,15H,6-7H2,1H3. The first-order valence-corrected chi connectivity index (χ1v) is 4.77. The maximum Gasteiger partial charge on any atom is 0.411 e. The summed E-state index contributed by atoms with van der Waals surface area (Å²) in [5, 5.41) is 9.52. The van der Waals surface area contributed by atoms with Gasteiger partial charge in [0.05, 0.1) is 6.61 Å². The quantitative estimate of drug-likeness (QED) is 0.867. The molecule has 1 aromatic carbocycles. The molecule has 90 valence electrons. The molecule has 1 atom stereocenters. The summed E-state index contributed by atoms with van der Waals surface area (Å²) in [4.78, 5) is 0. The summed E-state index contributed by atoms with van der Waals surface area (Å²) >= 11 is 0. The van der Waals surface area contributed by atoms with Crippen LogP contribution in [0.4, 0.5) is 13.2 Å². The number of aliphatic hydroxyl groups excluding tert-OH is 1. The van der Waals surface area contributed by atoms with Crippen LogP contribution in [0.3, 0.4) is 0 Å². The van der Waals surface area contributed by atoms with Crippen LogP contribution in [0.2, 0.25) is 0 Å². The molecule has 1 aromatic rings. The smallest absolute Gasteiger partial charge is 0.386 e. The normalized spacial score (nSPS) is 13.8. The van der Waals surface area contributed by atoms with Crippen LogP contribution in [0.1, 0.15) is 17.2 Å². The number of ether oxygens (including phenoxy) is 1. The topological polar surface area (TPSA) is 29.5 Å². The molecule has 0 aromatic heterocycles. The highest BCUT2D eigenvalue weighted by atomic mass is 19.4. The Morgan fingerprint density at radius 1 is 1.25 bits per heavy atom. The van der Waals surface area contributed by atoms with Crippen molar-refractivity contribution in [2.75, 3.05) is 13.2 Å². The Morgan fingerprint density at radius 2 is 1.81 bits per heavy atom. The lowest BCUT2D eigenvalue weighted by molar-refractivity contribution is -0.179.